The number of fused-ring (bicyclic) bond motifs is 1. The van der Waals surface area contributed by atoms with Crippen molar-refractivity contribution in [3.8, 4) is 0 Å². The second-order valence-electron chi connectivity index (χ2n) is 6.11. The van der Waals surface area contributed by atoms with E-state index in [1.54, 1.807) is 7.05 Å². The average molecular weight is 386 g/mol. The third-order valence-electron chi connectivity index (χ3n) is 3.98. The van der Waals surface area contributed by atoms with E-state index in [-0.39, 0.29) is 24.1 Å². The summed E-state index contributed by atoms with van der Waals surface area (Å²) in [5.41, 5.74) is -0.234. The normalized spacial score (nSPS) is 12.3. The Balaban J connectivity index is 2.13. The first-order chi connectivity index (χ1) is 12.3. The summed E-state index contributed by atoms with van der Waals surface area (Å²) < 4.78 is 7.60. The number of halogens is 1. The molecule has 0 saturated heterocycles. The lowest BCUT2D eigenvalue weighted by Crippen LogP contribution is -2.39. The summed E-state index contributed by atoms with van der Waals surface area (Å²) in [4.78, 5) is 43.1. The van der Waals surface area contributed by atoms with Crippen LogP contribution in [0.4, 0.5) is 5.95 Å². The van der Waals surface area contributed by atoms with E-state index in [1.807, 2.05) is 6.92 Å². The Kier molecular flexibility index (Phi) is 6.84. The molecule has 0 aromatic carbocycles. The van der Waals surface area contributed by atoms with E-state index >= 15 is 0 Å². The molecule has 2 N–H and O–H groups in total. The van der Waals surface area contributed by atoms with Crippen molar-refractivity contribution < 1.29 is 9.53 Å². The molecular weight excluding hydrogens is 362 g/mol. The molecule has 0 fully saturated rings. The van der Waals surface area contributed by atoms with Crippen LogP contribution in [0.3, 0.4) is 0 Å². The number of anilines is 1. The molecule has 0 spiro atoms. The van der Waals surface area contributed by atoms with Gasteiger partial charge in [-0.3, -0.25) is 18.7 Å². The largest absolute Gasteiger partial charge is 0.463 e. The first-order valence-electron chi connectivity index (χ1n) is 8.51. The summed E-state index contributed by atoms with van der Waals surface area (Å²) in [6.45, 7) is 3.97. The molecule has 0 aliphatic rings. The lowest BCUT2D eigenvalue weighted by Gasteiger charge is -2.12. The van der Waals surface area contributed by atoms with Crippen molar-refractivity contribution in [2.45, 2.75) is 45.8 Å². The number of aryl methyl sites for hydroxylation is 1. The smallest absolute Gasteiger partial charge is 0.332 e. The number of carbonyl (C=O) groups excluding carboxylic acids is 1. The third-order valence-corrected chi connectivity index (χ3v) is 4.16. The molecule has 0 unspecified atom stereocenters. The molecule has 0 bridgehead atoms. The van der Waals surface area contributed by atoms with Crippen LogP contribution in [0.25, 0.3) is 11.2 Å². The number of rotatable bonds is 9. The standard InChI is InChI=1S/C16H24ClN5O4/c1-10(26-11(2)23)6-4-5-9-22-14(24)12-13(21(3)16(22)25)20-15(19-12)18-8-7-17/h10H,4-9H2,1-3H3,(H2,18,19,20)/t10-/m1/s1. The SMILES string of the molecule is CC(=O)O[C@H](C)CCCCn1c(=O)c2[nH]c(NCCCl)nc2n(C)c1=O. The fourth-order valence-electron chi connectivity index (χ4n) is 2.74. The van der Waals surface area contributed by atoms with Gasteiger partial charge < -0.3 is 15.0 Å². The number of alkyl halides is 1. The fourth-order valence-corrected chi connectivity index (χ4v) is 2.83. The van der Waals surface area contributed by atoms with Gasteiger partial charge in [-0.15, -0.1) is 11.6 Å². The molecule has 0 aliphatic heterocycles. The van der Waals surface area contributed by atoms with Gasteiger partial charge in [-0.1, -0.05) is 0 Å². The zero-order chi connectivity index (χ0) is 19.3. The first-order valence-corrected chi connectivity index (χ1v) is 9.05. The number of unbranched alkanes of at least 4 members (excludes halogenated alkanes) is 1. The molecule has 2 aromatic rings. The lowest BCUT2D eigenvalue weighted by molar-refractivity contribution is -0.145. The summed E-state index contributed by atoms with van der Waals surface area (Å²) in [5.74, 6) is 0.484. The Bertz CT molecular complexity index is 885. The molecule has 1 atom stereocenters. The van der Waals surface area contributed by atoms with Crippen LogP contribution in [-0.4, -0.2) is 43.6 Å². The highest BCUT2D eigenvalue weighted by Gasteiger charge is 2.15. The zero-order valence-corrected chi connectivity index (χ0v) is 15.9. The van der Waals surface area contributed by atoms with E-state index in [0.717, 1.165) is 6.42 Å². The minimum atomic E-state index is -0.411. The minimum Gasteiger partial charge on any atom is -0.463 e. The van der Waals surface area contributed by atoms with Gasteiger partial charge in [-0.2, -0.15) is 4.98 Å². The monoisotopic (exact) mass is 385 g/mol. The van der Waals surface area contributed by atoms with Crippen molar-refractivity contribution in [3.05, 3.63) is 20.8 Å². The quantitative estimate of drug-likeness (QED) is 0.381. The van der Waals surface area contributed by atoms with Crippen molar-refractivity contribution in [1.29, 1.82) is 0 Å². The summed E-state index contributed by atoms with van der Waals surface area (Å²) in [5, 5.41) is 2.95. The Hall–Kier alpha value is -2.29. The number of hydrogen-bond acceptors (Lipinski definition) is 6. The summed E-state index contributed by atoms with van der Waals surface area (Å²) in [6, 6.07) is 0. The van der Waals surface area contributed by atoms with Gasteiger partial charge in [-0.25, -0.2) is 4.79 Å². The number of nitrogens with one attached hydrogen (secondary N) is 2. The van der Waals surface area contributed by atoms with Crippen LogP contribution in [0.1, 0.15) is 33.1 Å². The number of esters is 1. The topological polar surface area (TPSA) is 111 Å². The van der Waals surface area contributed by atoms with Gasteiger partial charge in [0, 0.05) is 32.9 Å². The molecule has 26 heavy (non-hydrogen) atoms. The number of imidazole rings is 1. The Labute approximate surface area is 155 Å². The zero-order valence-electron chi connectivity index (χ0n) is 15.2. The van der Waals surface area contributed by atoms with Gasteiger partial charge in [-0.05, 0) is 26.2 Å². The molecule has 0 saturated carbocycles. The Morgan fingerprint density at radius 2 is 2.12 bits per heavy atom. The molecule has 2 heterocycles. The second-order valence-corrected chi connectivity index (χ2v) is 6.49. The highest BCUT2D eigenvalue weighted by atomic mass is 35.5. The van der Waals surface area contributed by atoms with Gasteiger partial charge in [0.15, 0.2) is 11.2 Å². The molecular formula is C16H24ClN5O4. The van der Waals surface area contributed by atoms with Crippen LogP contribution in [0.15, 0.2) is 9.59 Å². The van der Waals surface area contributed by atoms with Gasteiger partial charge >= 0.3 is 11.7 Å². The van der Waals surface area contributed by atoms with Crippen molar-refractivity contribution in [2.75, 3.05) is 17.7 Å². The van der Waals surface area contributed by atoms with E-state index in [0.29, 0.717) is 36.9 Å². The third kappa shape index (κ3) is 4.66. The first kappa shape index (κ1) is 20.0. The van der Waals surface area contributed by atoms with Crippen LogP contribution in [0.2, 0.25) is 0 Å². The fraction of sp³-hybridized carbons (Fsp3) is 0.625. The van der Waals surface area contributed by atoms with Crippen molar-refractivity contribution >= 4 is 34.7 Å². The summed E-state index contributed by atoms with van der Waals surface area (Å²) in [7, 11) is 1.58. The number of carbonyl (C=O) groups is 1. The lowest BCUT2D eigenvalue weighted by atomic mass is 10.2. The van der Waals surface area contributed by atoms with Crippen LogP contribution in [0, 0.1) is 0 Å². The number of aromatic amines is 1. The Morgan fingerprint density at radius 3 is 2.77 bits per heavy atom. The van der Waals surface area contributed by atoms with Gasteiger partial charge in [0.25, 0.3) is 5.56 Å². The van der Waals surface area contributed by atoms with E-state index in [1.165, 1.54) is 16.1 Å². The summed E-state index contributed by atoms with van der Waals surface area (Å²) >= 11 is 5.63. The van der Waals surface area contributed by atoms with Crippen molar-refractivity contribution in [2.24, 2.45) is 7.05 Å². The van der Waals surface area contributed by atoms with Crippen molar-refractivity contribution in [3.63, 3.8) is 0 Å². The highest BCUT2D eigenvalue weighted by Crippen LogP contribution is 2.09. The van der Waals surface area contributed by atoms with E-state index < -0.39 is 11.2 Å². The average Bonchev–Trinajstić information content (AvgIpc) is 3.01. The maximum absolute atomic E-state index is 12.6. The second kappa shape index (κ2) is 8.88. The van der Waals surface area contributed by atoms with Crippen LogP contribution in [-0.2, 0) is 23.1 Å². The molecule has 2 rings (SSSR count). The molecule has 10 heteroatoms. The predicted octanol–water partition coefficient (Wildman–Crippen LogP) is 1.20. The minimum absolute atomic E-state index is 0.183. The molecule has 0 aliphatic carbocycles. The number of hydrogen-bond donors (Lipinski definition) is 2. The molecule has 144 valence electrons. The van der Waals surface area contributed by atoms with Crippen molar-refractivity contribution in [1.82, 2.24) is 19.1 Å². The number of nitrogens with zero attached hydrogens (tertiary/aromatic N) is 3. The van der Waals surface area contributed by atoms with Crippen LogP contribution in [0.5, 0.6) is 0 Å². The van der Waals surface area contributed by atoms with Crippen LogP contribution < -0.4 is 16.6 Å². The molecule has 2 aromatic heterocycles. The van der Waals surface area contributed by atoms with E-state index in [2.05, 4.69) is 15.3 Å². The number of aromatic nitrogens is 4. The van der Waals surface area contributed by atoms with Crippen LogP contribution >= 0.6 is 11.6 Å². The van der Waals surface area contributed by atoms with Gasteiger partial charge in [0.2, 0.25) is 5.95 Å². The predicted molar refractivity (Wildman–Crippen MR) is 99.9 cm³/mol. The number of ether oxygens (including phenoxy) is 1. The molecule has 0 radical (unpaired) electrons. The van der Waals surface area contributed by atoms with E-state index in [4.69, 9.17) is 16.3 Å². The molecule has 0 amide bonds. The van der Waals surface area contributed by atoms with Gasteiger partial charge in [0.05, 0.1) is 6.10 Å². The maximum atomic E-state index is 12.6. The number of H-pyrrole nitrogens is 1. The highest BCUT2D eigenvalue weighted by molar-refractivity contribution is 6.18. The molecule has 9 nitrogen and oxygen atoms in total. The maximum Gasteiger partial charge on any atom is 0.332 e. The van der Waals surface area contributed by atoms with E-state index in [9.17, 15) is 14.4 Å². The van der Waals surface area contributed by atoms with Gasteiger partial charge in [0.1, 0.15) is 0 Å². The summed E-state index contributed by atoms with van der Waals surface area (Å²) in [6.07, 6.45) is 1.84. The Morgan fingerprint density at radius 1 is 1.38 bits per heavy atom.